The van der Waals surface area contributed by atoms with Gasteiger partial charge in [-0.2, -0.15) is 0 Å². The first-order chi connectivity index (χ1) is 13.6. The van der Waals surface area contributed by atoms with Crippen molar-refractivity contribution in [1.29, 1.82) is 0 Å². The van der Waals surface area contributed by atoms with Gasteiger partial charge in [0.2, 0.25) is 0 Å². The minimum Gasteiger partial charge on any atom is -0.497 e. The van der Waals surface area contributed by atoms with Gasteiger partial charge in [0.1, 0.15) is 22.7 Å². The maximum Gasteiger partial charge on any atom is 0.262 e. The number of hydrogen-bond acceptors (Lipinski definition) is 6. The highest BCUT2D eigenvalue weighted by Crippen LogP contribution is 2.29. The number of aromatic amines is 1. The summed E-state index contributed by atoms with van der Waals surface area (Å²) in [4.78, 5) is 22.5. The third-order valence-electron chi connectivity index (χ3n) is 5.08. The SMILES string of the molecule is COc1cc(OC)c2c(=O)[nH]c(-c3ccc(N4CCN[C@H](C)C4)cc3)nc2c1. The highest BCUT2D eigenvalue weighted by atomic mass is 16.5. The number of rotatable bonds is 4. The highest BCUT2D eigenvalue weighted by molar-refractivity contribution is 5.87. The molecule has 0 bridgehead atoms. The van der Waals surface area contributed by atoms with Crippen molar-refractivity contribution in [2.45, 2.75) is 13.0 Å². The van der Waals surface area contributed by atoms with Crippen LogP contribution in [0.15, 0.2) is 41.2 Å². The number of anilines is 1. The average Bonchev–Trinajstić information content (AvgIpc) is 2.72. The Kier molecular flexibility index (Phi) is 4.92. The largest absolute Gasteiger partial charge is 0.497 e. The maximum absolute atomic E-state index is 12.7. The molecule has 0 radical (unpaired) electrons. The zero-order valence-corrected chi connectivity index (χ0v) is 16.3. The van der Waals surface area contributed by atoms with Gasteiger partial charge >= 0.3 is 0 Å². The van der Waals surface area contributed by atoms with E-state index in [4.69, 9.17) is 9.47 Å². The Balaban J connectivity index is 1.72. The molecule has 1 atom stereocenters. The Morgan fingerprint density at radius 1 is 1.14 bits per heavy atom. The number of H-pyrrole nitrogens is 1. The van der Waals surface area contributed by atoms with Gasteiger partial charge in [-0.15, -0.1) is 0 Å². The number of piperazine rings is 1. The van der Waals surface area contributed by atoms with Gasteiger partial charge < -0.3 is 24.7 Å². The van der Waals surface area contributed by atoms with E-state index in [1.54, 1.807) is 19.2 Å². The molecular formula is C21H24N4O3. The smallest absolute Gasteiger partial charge is 0.262 e. The van der Waals surface area contributed by atoms with Gasteiger partial charge in [-0.3, -0.25) is 4.79 Å². The fourth-order valence-corrected chi connectivity index (χ4v) is 3.62. The molecule has 7 heteroatoms. The van der Waals surface area contributed by atoms with Crippen LogP contribution in [0.4, 0.5) is 5.69 Å². The minimum atomic E-state index is -0.237. The van der Waals surface area contributed by atoms with E-state index in [0.29, 0.717) is 34.3 Å². The Bertz CT molecular complexity index is 1050. The Labute approximate surface area is 163 Å². The normalized spacial score (nSPS) is 17.0. The second-order valence-corrected chi connectivity index (χ2v) is 6.99. The zero-order chi connectivity index (χ0) is 19.7. The summed E-state index contributed by atoms with van der Waals surface area (Å²) in [6.07, 6.45) is 0. The van der Waals surface area contributed by atoms with E-state index in [1.807, 2.05) is 12.1 Å². The Morgan fingerprint density at radius 2 is 1.93 bits per heavy atom. The van der Waals surface area contributed by atoms with Gasteiger partial charge in [0.05, 0.1) is 19.7 Å². The molecule has 1 aliphatic rings. The van der Waals surface area contributed by atoms with Crippen molar-refractivity contribution in [3.63, 3.8) is 0 Å². The summed E-state index contributed by atoms with van der Waals surface area (Å²) in [6, 6.07) is 12.0. The second kappa shape index (κ2) is 7.52. The summed E-state index contributed by atoms with van der Waals surface area (Å²) in [5, 5.41) is 3.86. The quantitative estimate of drug-likeness (QED) is 0.724. The van der Waals surface area contributed by atoms with E-state index >= 15 is 0 Å². The van der Waals surface area contributed by atoms with Crippen LogP contribution in [0.1, 0.15) is 6.92 Å². The summed E-state index contributed by atoms with van der Waals surface area (Å²) in [5.74, 6) is 1.56. The number of nitrogens with one attached hydrogen (secondary N) is 2. The average molecular weight is 380 g/mol. The first-order valence-corrected chi connectivity index (χ1v) is 9.34. The number of benzene rings is 2. The fraction of sp³-hybridized carbons (Fsp3) is 0.333. The van der Waals surface area contributed by atoms with Crippen LogP contribution < -0.4 is 25.2 Å². The van der Waals surface area contributed by atoms with E-state index in [9.17, 15) is 4.79 Å². The number of nitrogens with zero attached hydrogens (tertiary/aromatic N) is 2. The number of methoxy groups -OCH3 is 2. The second-order valence-electron chi connectivity index (χ2n) is 6.99. The first-order valence-electron chi connectivity index (χ1n) is 9.34. The van der Waals surface area contributed by atoms with Crippen LogP contribution in [-0.4, -0.2) is 49.9 Å². The predicted octanol–water partition coefficient (Wildman–Crippen LogP) is 2.41. The molecule has 2 aromatic carbocycles. The molecule has 28 heavy (non-hydrogen) atoms. The monoisotopic (exact) mass is 380 g/mol. The van der Waals surface area contributed by atoms with Gasteiger partial charge in [0.15, 0.2) is 0 Å². The summed E-state index contributed by atoms with van der Waals surface area (Å²) in [7, 11) is 3.10. The van der Waals surface area contributed by atoms with Crippen LogP contribution in [0.5, 0.6) is 11.5 Å². The zero-order valence-electron chi connectivity index (χ0n) is 16.3. The van der Waals surface area contributed by atoms with E-state index < -0.39 is 0 Å². The molecule has 0 saturated carbocycles. The van der Waals surface area contributed by atoms with Crippen LogP contribution in [0, 0.1) is 0 Å². The van der Waals surface area contributed by atoms with Crippen LogP contribution in [-0.2, 0) is 0 Å². The highest BCUT2D eigenvalue weighted by Gasteiger charge is 2.17. The lowest BCUT2D eigenvalue weighted by Gasteiger charge is -2.33. The maximum atomic E-state index is 12.7. The Hall–Kier alpha value is -3.06. The van der Waals surface area contributed by atoms with Crippen LogP contribution >= 0.6 is 0 Å². The molecule has 7 nitrogen and oxygen atoms in total. The summed E-state index contributed by atoms with van der Waals surface area (Å²) in [6.45, 7) is 5.12. The molecule has 0 unspecified atom stereocenters. The standard InChI is InChI=1S/C21H24N4O3/c1-13-12-25(9-8-22-13)15-6-4-14(5-7-15)20-23-17-10-16(27-2)11-18(28-3)19(17)21(26)24-20/h4-7,10-11,13,22H,8-9,12H2,1-3H3,(H,23,24,26)/t13-/m1/s1. The number of aromatic nitrogens is 2. The van der Waals surface area contributed by atoms with Gasteiger partial charge in [-0.1, -0.05) is 0 Å². The minimum absolute atomic E-state index is 0.237. The van der Waals surface area contributed by atoms with E-state index in [0.717, 1.165) is 25.2 Å². The fourth-order valence-electron chi connectivity index (χ4n) is 3.62. The lowest BCUT2D eigenvalue weighted by Crippen LogP contribution is -2.49. The molecule has 4 rings (SSSR count). The van der Waals surface area contributed by atoms with Gasteiger partial charge in [0, 0.05) is 49.1 Å². The van der Waals surface area contributed by atoms with Crippen molar-refractivity contribution in [2.24, 2.45) is 0 Å². The van der Waals surface area contributed by atoms with Crippen molar-refractivity contribution < 1.29 is 9.47 Å². The third kappa shape index (κ3) is 3.41. The van der Waals surface area contributed by atoms with E-state index in [-0.39, 0.29) is 5.56 Å². The molecule has 3 aromatic rings. The summed E-state index contributed by atoms with van der Waals surface area (Å²) in [5.41, 5.74) is 2.32. The van der Waals surface area contributed by atoms with Crippen molar-refractivity contribution in [3.8, 4) is 22.9 Å². The van der Waals surface area contributed by atoms with Crippen LogP contribution in [0.3, 0.4) is 0 Å². The van der Waals surface area contributed by atoms with Crippen molar-refractivity contribution in [2.75, 3.05) is 38.8 Å². The predicted molar refractivity (Wildman–Crippen MR) is 111 cm³/mol. The van der Waals surface area contributed by atoms with Crippen molar-refractivity contribution >= 4 is 16.6 Å². The topological polar surface area (TPSA) is 79.5 Å². The molecule has 0 spiro atoms. The van der Waals surface area contributed by atoms with E-state index in [2.05, 4.69) is 39.2 Å². The lowest BCUT2D eigenvalue weighted by atomic mass is 10.1. The number of fused-ring (bicyclic) bond motifs is 1. The van der Waals surface area contributed by atoms with Gasteiger partial charge in [-0.25, -0.2) is 4.98 Å². The molecule has 2 N–H and O–H groups in total. The lowest BCUT2D eigenvalue weighted by molar-refractivity contribution is 0.397. The molecule has 1 aliphatic heterocycles. The Morgan fingerprint density at radius 3 is 2.61 bits per heavy atom. The van der Waals surface area contributed by atoms with Crippen LogP contribution in [0.2, 0.25) is 0 Å². The van der Waals surface area contributed by atoms with Crippen molar-refractivity contribution in [3.05, 3.63) is 46.8 Å². The molecule has 0 aliphatic carbocycles. The molecular weight excluding hydrogens is 356 g/mol. The molecule has 1 fully saturated rings. The first kappa shape index (κ1) is 18.3. The van der Waals surface area contributed by atoms with E-state index in [1.165, 1.54) is 12.8 Å². The van der Waals surface area contributed by atoms with Crippen molar-refractivity contribution in [1.82, 2.24) is 15.3 Å². The molecule has 146 valence electrons. The molecule has 0 amide bonds. The van der Waals surface area contributed by atoms with Gasteiger partial charge in [-0.05, 0) is 31.2 Å². The number of ether oxygens (including phenoxy) is 2. The van der Waals surface area contributed by atoms with Gasteiger partial charge in [0.25, 0.3) is 5.56 Å². The molecule has 1 aromatic heterocycles. The van der Waals surface area contributed by atoms with Crippen LogP contribution in [0.25, 0.3) is 22.3 Å². The molecule has 2 heterocycles. The summed E-state index contributed by atoms with van der Waals surface area (Å²) >= 11 is 0. The number of hydrogen-bond donors (Lipinski definition) is 2. The summed E-state index contributed by atoms with van der Waals surface area (Å²) < 4.78 is 10.6. The third-order valence-corrected chi connectivity index (χ3v) is 5.08. The molecule has 1 saturated heterocycles.